The number of nitrogens with one attached hydrogen (secondary N) is 1. The van der Waals surface area contributed by atoms with Crippen molar-refractivity contribution in [2.24, 2.45) is 0 Å². The Morgan fingerprint density at radius 1 is 1.09 bits per heavy atom. The summed E-state index contributed by atoms with van der Waals surface area (Å²) in [5, 5.41) is 21.1. The maximum absolute atomic E-state index is 12.2. The third-order valence-electron chi connectivity index (χ3n) is 5.32. The minimum atomic E-state index is -0.891. The van der Waals surface area contributed by atoms with E-state index in [1.165, 1.54) is 13.8 Å². The molecule has 1 aliphatic rings. The third-order valence-corrected chi connectivity index (χ3v) is 6.40. The van der Waals surface area contributed by atoms with Crippen LogP contribution in [0.5, 0.6) is 0 Å². The second kappa shape index (κ2) is 12.9. The van der Waals surface area contributed by atoms with Crippen molar-refractivity contribution in [3.05, 3.63) is 65.2 Å². The predicted octanol–water partition coefficient (Wildman–Crippen LogP) is 3.34. The first kappa shape index (κ1) is 26.2. The van der Waals surface area contributed by atoms with E-state index < -0.39 is 24.3 Å². The van der Waals surface area contributed by atoms with Gasteiger partial charge in [-0.05, 0) is 30.2 Å². The van der Waals surface area contributed by atoms with Crippen molar-refractivity contribution in [1.29, 1.82) is 0 Å². The number of esters is 1. The lowest BCUT2D eigenvalue weighted by Crippen LogP contribution is -2.31. The Morgan fingerprint density at radius 3 is 2.38 bits per heavy atom. The van der Waals surface area contributed by atoms with Gasteiger partial charge in [-0.3, -0.25) is 9.59 Å². The van der Waals surface area contributed by atoms with Crippen molar-refractivity contribution in [3.8, 4) is 0 Å². The van der Waals surface area contributed by atoms with Crippen LogP contribution < -0.4 is 5.32 Å². The van der Waals surface area contributed by atoms with E-state index in [1.54, 1.807) is 23.9 Å². The Labute approximate surface area is 203 Å². The van der Waals surface area contributed by atoms with Crippen LogP contribution in [0.4, 0.5) is 5.69 Å². The zero-order valence-corrected chi connectivity index (χ0v) is 20.1. The van der Waals surface area contributed by atoms with Crippen LogP contribution in [0.3, 0.4) is 0 Å². The molecule has 1 saturated heterocycles. The number of carbonyl (C=O) groups excluding carboxylic acids is 2. The smallest absolute Gasteiger partial charge is 0.303 e. The Balaban J connectivity index is 1.71. The minimum Gasteiger partial charge on any atom is -0.453 e. The second-order valence-corrected chi connectivity index (χ2v) is 9.16. The van der Waals surface area contributed by atoms with Crippen LogP contribution in [-0.2, 0) is 30.4 Å². The first-order valence-electron chi connectivity index (χ1n) is 11.2. The average Bonchev–Trinajstić information content (AvgIpc) is 2.84. The molecule has 2 aromatic carbocycles. The molecule has 184 valence electrons. The summed E-state index contributed by atoms with van der Waals surface area (Å²) in [6.07, 6.45) is -1.06. The first-order chi connectivity index (χ1) is 16.4. The number of aliphatic hydroxyl groups is 2. The molecule has 1 heterocycles. The number of benzene rings is 2. The number of thioether (sulfide) groups is 1. The molecule has 0 aromatic heterocycles. The molecule has 8 nitrogen and oxygen atoms in total. The van der Waals surface area contributed by atoms with E-state index in [0.29, 0.717) is 17.9 Å². The molecule has 0 aliphatic carbocycles. The molecule has 1 fully saturated rings. The number of hydrogen-bond acceptors (Lipinski definition) is 8. The molecule has 3 rings (SSSR count). The molecule has 2 aromatic rings. The molecule has 0 bridgehead atoms. The fourth-order valence-electron chi connectivity index (χ4n) is 3.57. The Morgan fingerprint density at radius 2 is 1.76 bits per heavy atom. The van der Waals surface area contributed by atoms with E-state index in [4.69, 9.17) is 19.3 Å². The third kappa shape index (κ3) is 7.54. The van der Waals surface area contributed by atoms with E-state index in [-0.39, 0.29) is 25.4 Å². The summed E-state index contributed by atoms with van der Waals surface area (Å²) in [5.41, 5.74) is 3.21. The van der Waals surface area contributed by atoms with E-state index in [1.807, 2.05) is 36.4 Å². The number of rotatable bonds is 10. The number of amides is 1. The lowest BCUT2D eigenvalue weighted by Gasteiger charge is -2.36. The van der Waals surface area contributed by atoms with Crippen molar-refractivity contribution in [1.82, 2.24) is 0 Å². The molecule has 0 saturated carbocycles. The first-order valence-corrected chi connectivity index (χ1v) is 12.3. The van der Waals surface area contributed by atoms with Crippen molar-refractivity contribution in [2.45, 2.75) is 51.5 Å². The molecule has 0 spiro atoms. The van der Waals surface area contributed by atoms with E-state index in [9.17, 15) is 14.7 Å². The monoisotopic (exact) mass is 489 g/mol. The molecular formula is C25H31NO7S. The van der Waals surface area contributed by atoms with Crippen molar-refractivity contribution in [2.75, 3.05) is 23.4 Å². The SMILES string of the molecule is CC(=O)O[C@@H](C)C(=O)Nc1ccc([C@@H]2O[C@H](CSCCO)C[C@H](c3ccc(CO)cc3)O2)cc1. The number of ether oxygens (including phenoxy) is 3. The standard InChI is InChI=1S/C25H31NO7S/c1-16(31-17(2)29)24(30)26-21-9-7-20(8-10-21)25-32-22(15-34-12-11-27)13-23(33-25)19-5-3-18(14-28)4-6-19/h3-10,16,22-23,25,27-28H,11-15H2,1-2H3,(H,26,30)/t16-,22-,23+,25+/m0/s1. The molecule has 4 atom stereocenters. The van der Waals surface area contributed by atoms with Gasteiger partial charge in [-0.2, -0.15) is 11.8 Å². The fourth-order valence-corrected chi connectivity index (χ4v) is 4.35. The highest BCUT2D eigenvalue weighted by atomic mass is 32.2. The summed E-state index contributed by atoms with van der Waals surface area (Å²) in [4.78, 5) is 23.2. The van der Waals surface area contributed by atoms with Crippen LogP contribution in [-0.4, -0.2) is 52.4 Å². The Hall–Kier alpha value is -2.43. The van der Waals surface area contributed by atoms with Crippen molar-refractivity contribution < 1.29 is 34.0 Å². The highest BCUT2D eigenvalue weighted by Crippen LogP contribution is 2.39. The van der Waals surface area contributed by atoms with Gasteiger partial charge >= 0.3 is 5.97 Å². The normalized spacial score (nSPS) is 21.0. The van der Waals surface area contributed by atoms with Gasteiger partial charge in [0.2, 0.25) is 0 Å². The highest BCUT2D eigenvalue weighted by Gasteiger charge is 2.32. The fraction of sp³-hybridized carbons (Fsp3) is 0.440. The number of anilines is 1. The van der Waals surface area contributed by atoms with Gasteiger partial charge < -0.3 is 29.7 Å². The molecule has 0 radical (unpaired) electrons. The molecule has 1 amide bonds. The van der Waals surface area contributed by atoms with Gasteiger partial charge in [-0.25, -0.2) is 0 Å². The average molecular weight is 490 g/mol. The molecule has 1 aliphatic heterocycles. The van der Waals surface area contributed by atoms with E-state index in [2.05, 4.69) is 5.32 Å². The van der Waals surface area contributed by atoms with Crippen molar-refractivity contribution in [3.63, 3.8) is 0 Å². The van der Waals surface area contributed by atoms with E-state index >= 15 is 0 Å². The molecular weight excluding hydrogens is 458 g/mol. The van der Waals surface area contributed by atoms with Crippen LogP contribution >= 0.6 is 11.8 Å². The molecule has 3 N–H and O–H groups in total. The van der Waals surface area contributed by atoms with Crippen LogP contribution in [0.1, 0.15) is 49.4 Å². The van der Waals surface area contributed by atoms with Gasteiger partial charge in [-0.15, -0.1) is 0 Å². The lowest BCUT2D eigenvalue weighted by atomic mass is 10.0. The van der Waals surface area contributed by atoms with Crippen LogP contribution in [0.15, 0.2) is 48.5 Å². The van der Waals surface area contributed by atoms with Gasteiger partial charge in [-0.1, -0.05) is 36.4 Å². The molecule has 0 unspecified atom stereocenters. The second-order valence-electron chi connectivity index (χ2n) is 8.01. The van der Waals surface area contributed by atoms with Crippen LogP contribution in [0, 0.1) is 0 Å². The van der Waals surface area contributed by atoms with Crippen LogP contribution in [0.2, 0.25) is 0 Å². The van der Waals surface area contributed by atoms with Gasteiger partial charge in [0.15, 0.2) is 12.4 Å². The summed E-state index contributed by atoms with van der Waals surface area (Å²) in [6, 6.07) is 14.8. The van der Waals surface area contributed by atoms with E-state index in [0.717, 1.165) is 22.4 Å². The predicted molar refractivity (Wildman–Crippen MR) is 129 cm³/mol. The lowest BCUT2D eigenvalue weighted by molar-refractivity contribution is -0.245. The summed E-state index contributed by atoms with van der Waals surface area (Å²) in [7, 11) is 0. The van der Waals surface area contributed by atoms with Gasteiger partial charge in [0.1, 0.15) is 0 Å². The molecule has 9 heteroatoms. The topological polar surface area (TPSA) is 114 Å². The number of aliphatic hydroxyl groups excluding tert-OH is 2. The Kier molecular flexibility index (Phi) is 9.91. The van der Waals surface area contributed by atoms with Gasteiger partial charge in [0, 0.05) is 36.1 Å². The Bertz CT molecular complexity index is 935. The van der Waals surface area contributed by atoms with Gasteiger partial charge in [0.05, 0.1) is 25.4 Å². The number of hydrogen-bond donors (Lipinski definition) is 3. The zero-order valence-electron chi connectivity index (χ0n) is 19.3. The zero-order chi connectivity index (χ0) is 24.5. The minimum absolute atomic E-state index is 0.0134. The van der Waals surface area contributed by atoms with Crippen molar-refractivity contribution >= 4 is 29.3 Å². The highest BCUT2D eigenvalue weighted by molar-refractivity contribution is 7.99. The largest absolute Gasteiger partial charge is 0.453 e. The summed E-state index contributed by atoms with van der Waals surface area (Å²) >= 11 is 1.63. The quantitative estimate of drug-likeness (QED) is 0.344. The molecule has 34 heavy (non-hydrogen) atoms. The van der Waals surface area contributed by atoms with Crippen LogP contribution in [0.25, 0.3) is 0 Å². The summed E-state index contributed by atoms with van der Waals surface area (Å²) in [6.45, 7) is 2.87. The summed E-state index contributed by atoms with van der Waals surface area (Å²) < 4.78 is 17.4. The number of carbonyl (C=O) groups is 2. The van der Waals surface area contributed by atoms with Gasteiger partial charge in [0.25, 0.3) is 5.91 Å². The maximum Gasteiger partial charge on any atom is 0.303 e. The summed E-state index contributed by atoms with van der Waals surface area (Å²) in [5.74, 6) is 0.437. The maximum atomic E-state index is 12.2.